The van der Waals surface area contributed by atoms with Gasteiger partial charge in [-0.25, -0.2) is 0 Å². The van der Waals surface area contributed by atoms with E-state index in [1.54, 1.807) is 0 Å². The molecule has 4 aliphatic rings. The molecule has 4 rings (SSSR count). The normalized spacial score (nSPS) is 20.8. The Hall–Kier alpha value is -2.60. The van der Waals surface area contributed by atoms with E-state index in [-0.39, 0.29) is 29.8 Å². The van der Waals surface area contributed by atoms with Gasteiger partial charge < -0.3 is 19.9 Å². The molecular formula is C18H17NO5. The second kappa shape index (κ2) is 5.49. The van der Waals surface area contributed by atoms with Gasteiger partial charge in [-0.15, -0.1) is 0 Å². The van der Waals surface area contributed by atoms with Gasteiger partial charge in [0.05, 0.1) is 0 Å². The van der Waals surface area contributed by atoms with Crippen molar-refractivity contribution < 1.29 is 19.4 Å². The lowest BCUT2D eigenvalue weighted by molar-refractivity contribution is -0.117. The monoisotopic (exact) mass is 327 g/mol. The number of fused-ring (bicyclic) bond motifs is 2. The molecule has 0 amide bonds. The molecule has 0 spiro atoms. The number of phenolic OH excluding ortho intramolecular Hbond substituents is 1. The minimum atomic E-state index is -0.520. The van der Waals surface area contributed by atoms with Crippen molar-refractivity contribution in [3.05, 3.63) is 45.0 Å². The van der Waals surface area contributed by atoms with Gasteiger partial charge in [-0.05, 0) is 31.0 Å². The van der Waals surface area contributed by atoms with E-state index in [9.17, 15) is 19.8 Å². The standard InChI is InChI=1S/C18H17NO5/c20-12-5-9-16(7-14(12)22)24-17-8-15(23)13(21)6-10(17)18(9)11-3-1-2-4-19-11/h5,7-8,11,19-20,23H,1-4,6H2. The van der Waals surface area contributed by atoms with Gasteiger partial charge in [0.25, 0.3) is 0 Å². The van der Waals surface area contributed by atoms with Crippen molar-refractivity contribution in [3.63, 3.8) is 0 Å². The Bertz CT molecular complexity index is 889. The number of hydrogen-bond acceptors (Lipinski definition) is 6. The van der Waals surface area contributed by atoms with Crippen molar-refractivity contribution in [3.8, 4) is 17.1 Å². The Kier molecular flexibility index (Phi) is 3.42. The summed E-state index contributed by atoms with van der Waals surface area (Å²) in [5.41, 5.74) is 1.70. The van der Waals surface area contributed by atoms with Crippen LogP contribution >= 0.6 is 0 Å². The maximum Gasteiger partial charge on any atom is 0.223 e. The molecule has 0 aromatic carbocycles. The number of ketones is 1. The number of nitrogens with one attached hydrogen (secondary N) is 1. The van der Waals surface area contributed by atoms with Gasteiger partial charge in [0, 0.05) is 35.7 Å². The Morgan fingerprint density at radius 2 is 2.00 bits per heavy atom. The first-order valence-corrected chi connectivity index (χ1v) is 8.04. The Morgan fingerprint density at radius 3 is 2.75 bits per heavy atom. The summed E-state index contributed by atoms with van der Waals surface area (Å²) in [5.74, 6) is -0.298. The van der Waals surface area contributed by atoms with Crippen molar-refractivity contribution >= 4 is 11.9 Å². The van der Waals surface area contributed by atoms with E-state index < -0.39 is 5.43 Å². The van der Waals surface area contributed by atoms with Crippen LogP contribution in [-0.2, 0) is 11.2 Å². The second-order valence-electron chi connectivity index (χ2n) is 6.31. The predicted octanol–water partition coefficient (Wildman–Crippen LogP) is 2.29. The number of benzene rings is 1. The zero-order chi connectivity index (χ0) is 16.8. The van der Waals surface area contributed by atoms with Crippen LogP contribution in [0.2, 0.25) is 0 Å². The molecule has 24 heavy (non-hydrogen) atoms. The van der Waals surface area contributed by atoms with Crippen LogP contribution < -0.4 is 10.7 Å². The van der Waals surface area contributed by atoms with E-state index in [0.717, 1.165) is 31.4 Å². The van der Waals surface area contributed by atoms with Crippen LogP contribution in [0.4, 0.5) is 0 Å². The van der Waals surface area contributed by atoms with Crippen LogP contribution in [0.25, 0.3) is 17.4 Å². The Balaban J connectivity index is 2.03. The third kappa shape index (κ3) is 2.30. The molecule has 6 nitrogen and oxygen atoms in total. The van der Waals surface area contributed by atoms with Crippen LogP contribution in [0.5, 0.6) is 5.75 Å². The van der Waals surface area contributed by atoms with E-state index in [2.05, 4.69) is 5.32 Å². The number of aliphatic hydroxyl groups is 1. The summed E-state index contributed by atoms with van der Waals surface area (Å²) in [4.78, 5) is 23.7. The first-order valence-electron chi connectivity index (χ1n) is 8.04. The lowest BCUT2D eigenvalue weighted by Crippen LogP contribution is -2.29. The maximum absolute atomic E-state index is 12.0. The minimum Gasteiger partial charge on any atom is -0.504 e. The topological polar surface area (TPSA) is 99.8 Å². The molecule has 1 unspecified atom stereocenters. The fourth-order valence-electron chi connectivity index (χ4n) is 3.57. The minimum absolute atomic E-state index is 0.0183. The number of hydrogen-bond donors (Lipinski definition) is 3. The van der Waals surface area contributed by atoms with Gasteiger partial charge in [0.2, 0.25) is 11.2 Å². The van der Waals surface area contributed by atoms with Crippen molar-refractivity contribution in [1.82, 2.24) is 5.32 Å². The highest BCUT2D eigenvalue weighted by Crippen LogP contribution is 2.41. The number of allylic oxidation sites excluding steroid dienone is 1. The van der Waals surface area contributed by atoms with Gasteiger partial charge in [-0.3, -0.25) is 9.59 Å². The SMILES string of the molecule is O=C1Cc2c(oc3cc(=O)c(O)cc-3c2C2CCCCN2)C=C1O. The zero-order valence-corrected chi connectivity index (χ0v) is 13.0. The summed E-state index contributed by atoms with van der Waals surface area (Å²) < 4.78 is 5.74. The highest BCUT2D eigenvalue weighted by atomic mass is 16.3. The smallest absolute Gasteiger partial charge is 0.223 e. The van der Waals surface area contributed by atoms with Crippen molar-refractivity contribution in [2.24, 2.45) is 0 Å². The number of rotatable bonds is 1. The number of Topliss-reactive ketones (excluding diaryl/α,β-unsaturated/α-hetero) is 1. The molecule has 0 bridgehead atoms. The van der Waals surface area contributed by atoms with Crippen molar-refractivity contribution in [2.45, 2.75) is 31.7 Å². The lowest BCUT2D eigenvalue weighted by Gasteiger charge is -2.30. The molecule has 0 radical (unpaired) electrons. The average Bonchev–Trinajstić information content (AvgIpc) is 2.57. The van der Waals surface area contributed by atoms with Gasteiger partial charge in [-0.1, -0.05) is 6.42 Å². The van der Waals surface area contributed by atoms with E-state index in [1.807, 2.05) is 0 Å². The predicted molar refractivity (Wildman–Crippen MR) is 87.2 cm³/mol. The average molecular weight is 327 g/mol. The summed E-state index contributed by atoms with van der Waals surface area (Å²) in [7, 11) is 0. The Morgan fingerprint density at radius 1 is 1.17 bits per heavy atom. The summed E-state index contributed by atoms with van der Waals surface area (Å²) in [6.45, 7) is 0.869. The number of carbonyl (C=O) groups excluding carboxylic acids is 1. The van der Waals surface area contributed by atoms with Gasteiger partial charge in [-0.2, -0.15) is 0 Å². The van der Waals surface area contributed by atoms with Crippen LogP contribution in [0, 0.1) is 0 Å². The molecule has 0 aromatic heterocycles. The van der Waals surface area contributed by atoms with E-state index in [1.165, 1.54) is 18.2 Å². The van der Waals surface area contributed by atoms with Gasteiger partial charge in [0.1, 0.15) is 11.5 Å². The first-order chi connectivity index (χ1) is 11.5. The first kappa shape index (κ1) is 15.0. The maximum atomic E-state index is 12.0. The number of piperidine rings is 1. The molecule has 1 fully saturated rings. The van der Waals surface area contributed by atoms with Crippen LogP contribution in [0.1, 0.15) is 42.2 Å². The second-order valence-corrected chi connectivity index (χ2v) is 6.31. The molecule has 2 aliphatic heterocycles. The third-order valence-corrected chi connectivity index (χ3v) is 4.74. The number of carbonyl (C=O) groups is 1. The molecule has 0 saturated carbocycles. The van der Waals surface area contributed by atoms with E-state index in [0.29, 0.717) is 22.6 Å². The summed E-state index contributed by atoms with van der Waals surface area (Å²) >= 11 is 0. The molecule has 3 N–H and O–H groups in total. The van der Waals surface area contributed by atoms with E-state index in [4.69, 9.17) is 4.42 Å². The quantitative estimate of drug-likeness (QED) is 0.743. The number of aliphatic hydroxyl groups excluding tert-OH is 1. The number of phenols is 1. The molecule has 1 saturated heterocycles. The largest absolute Gasteiger partial charge is 0.504 e. The Labute approximate surface area is 137 Å². The zero-order valence-electron chi connectivity index (χ0n) is 13.0. The summed E-state index contributed by atoms with van der Waals surface area (Å²) in [6, 6.07) is 2.68. The van der Waals surface area contributed by atoms with E-state index >= 15 is 0 Å². The van der Waals surface area contributed by atoms with Crippen LogP contribution in [0.15, 0.2) is 27.1 Å². The molecule has 0 aromatic rings. The fraction of sp³-hybridized carbons (Fsp3) is 0.333. The van der Waals surface area contributed by atoms with Crippen molar-refractivity contribution in [1.29, 1.82) is 0 Å². The summed E-state index contributed by atoms with van der Waals surface area (Å²) in [5, 5.41) is 23.0. The lowest BCUT2D eigenvalue weighted by atomic mass is 9.84. The highest BCUT2D eigenvalue weighted by Gasteiger charge is 2.31. The third-order valence-electron chi connectivity index (χ3n) is 4.74. The molecule has 2 heterocycles. The van der Waals surface area contributed by atoms with Crippen LogP contribution in [-0.4, -0.2) is 22.5 Å². The number of aromatic hydroxyl groups is 1. The summed E-state index contributed by atoms with van der Waals surface area (Å²) in [6.07, 6.45) is 4.40. The fourth-order valence-corrected chi connectivity index (χ4v) is 3.57. The highest BCUT2D eigenvalue weighted by molar-refractivity contribution is 6.01. The van der Waals surface area contributed by atoms with Crippen molar-refractivity contribution in [2.75, 3.05) is 6.54 Å². The molecule has 124 valence electrons. The molecular weight excluding hydrogens is 310 g/mol. The van der Waals surface area contributed by atoms with Gasteiger partial charge >= 0.3 is 0 Å². The molecule has 6 heteroatoms. The molecule has 1 atom stereocenters. The van der Waals surface area contributed by atoms with Crippen LogP contribution in [0.3, 0.4) is 0 Å². The molecule has 2 aliphatic carbocycles. The van der Waals surface area contributed by atoms with Gasteiger partial charge in [0.15, 0.2) is 11.5 Å².